The van der Waals surface area contributed by atoms with Gasteiger partial charge in [-0.3, -0.25) is 4.79 Å². The molecule has 1 saturated heterocycles. The number of furan rings is 1. The number of benzene rings is 1. The van der Waals surface area contributed by atoms with Crippen LogP contribution in [0.15, 0.2) is 33.2 Å². The van der Waals surface area contributed by atoms with E-state index in [9.17, 15) is 4.79 Å². The van der Waals surface area contributed by atoms with E-state index < -0.39 is 5.60 Å². The lowest BCUT2D eigenvalue weighted by molar-refractivity contribution is -0.0713. The molecule has 0 aliphatic carbocycles. The van der Waals surface area contributed by atoms with Gasteiger partial charge in [-0.15, -0.1) is 0 Å². The molecule has 1 aliphatic rings. The number of ether oxygens (including phenoxy) is 1. The fourth-order valence-corrected chi connectivity index (χ4v) is 3.75. The number of Topliss-reactive ketones (excluding diaryl/α,β-unsaturated/α-hetero) is 1. The number of hydrogen-bond acceptors (Lipinski definition) is 3. The van der Waals surface area contributed by atoms with Gasteiger partial charge in [0.2, 0.25) is 5.78 Å². The first-order chi connectivity index (χ1) is 9.70. The summed E-state index contributed by atoms with van der Waals surface area (Å²) in [7, 11) is 0. The van der Waals surface area contributed by atoms with Crippen LogP contribution in [0.3, 0.4) is 0 Å². The van der Waals surface area contributed by atoms with Gasteiger partial charge in [-0.25, -0.2) is 0 Å². The van der Waals surface area contributed by atoms with Crippen molar-refractivity contribution in [1.82, 2.24) is 0 Å². The third-order valence-corrected chi connectivity index (χ3v) is 4.75. The van der Waals surface area contributed by atoms with E-state index in [2.05, 4.69) is 15.9 Å². The summed E-state index contributed by atoms with van der Waals surface area (Å²) in [6.07, 6.45) is 0.705. The van der Waals surface area contributed by atoms with Gasteiger partial charge in [0.05, 0.1) is 21.6 Å². The van der Waals surface area contributed by atoms with E-state index in [1.54, 1.807) is 0 Å². The normalized spacial score (nSPS) is 23.6. The summed E-state index contributed by atoms with van der Waals surface area (Å²) in [6.45, 7) is 8.00. The molecule has 0 spiro atoms. The molecule has 2 aromatic rings. The van der Waals surface area contributed by atoms with Crippen LogP contribution in [0.5, 0.6) is 0 Å². The van der Waals surface area contributed by atoms with Crippen molar-refractivity contribution in [2.24, 2.45) is 5.92 Å². The van der Waals surface area contributed by atoms with Crippen molar-refractivity contribution in [1.29, 1.82) is 0 Å². The van der Waals surface area contributed by atoms with Gasteiger partial charge in [0.1, 0.15) is 5.58 Å². The van der Waals surface area contributed by atoms with Crippen LogP contribution in [-0.2, 0) is 4.74 Å². The molecule has 4 heteroatoms. The predicted octanol–water partition coefficient (Wildman–Crippen LogP) is 4.97. The largest absolute Gasteiger partial charge is 0.452 e. The Balaban J connectivity index is 1.99. The molecule has 0 amide bonds. The molecule has 0 bridgehead atoms. The second kappa shape index (κ2) is 4.68. The maximum atomic E-state index is 12.8. The number of rotatable bonds is 2. The van der Waals surface area contributed by atoms with Crippen LogP contribution in [0.1, 0.15) is 44.7 Å². The van der Waals surface area contributed by atoms with Crippen LogP contribution in [0.25, 0.3) is 11.0 Å². The van der Waals surface area contributed by atoms with Crippen LogP contribution in [0, 0.1) is 5.92 Å². The number of halogens is 1. The lowest BCUT2D eigenvalue weighted by Crippen LogP contribution is -2.33. The number of carbonyl (C=O) groups is 1. The lowest BCUT2D eigenvalue weighted by atomic mass is 9.83. The summed E-state index contributed by atoms with van der Waals surface area (Å²) in [5.74, 6) is 0.247. The molecule has 112 valence electrons. The minimum atomic E-state index is -0.475. The fraction of sp³-hybridized carbons (Fsp3) is 0.471. The Kier molecular flexibility index (Phi) is 3.30. The van der Waals surface area contributed by atoms with Crippen molar-refractivity contribution in [3.8, 4) is 0 Å². The molecule has 3 rings (SSSR count). The highest BCUT2D eigenvalue weighted by atomic mass is 79.9. The molecule has 0 saturated carbocycles. The maximum absolute atomic E-state index is 12.8. The summed E-state index contributed by atoms with van der Waals surface area (Å²) in [5, 5.41) is 0.934. The lowest BCUT2D eigenvalue weighted by Gasteiger charge is -2.26. The van der Waals surface area contributed by atoms with E-state index in [1.807, 2.05) is 52.0 Å². The Morgan fingerprint density at radius 2 is 2.00 bits per heavy atom. The van der Waals surface area contributed by atoms with E-state index in [4.69, 9.17) is 9.15 Å². The summed E-state index contributed by atoms with van der Waals surface area (Å²) < 4.78 is 12.7. The van der Waals surface area contributed by atoms with Gasteiger partial charge in [-0.1, -0.05) is 12.1 Å². The van der Waals surface area contributed by atoms with Gasteiger partial charge in [-0.05, 0) is 62.2 Å². The number of ketones is 1. The first kappa shape index (κ1) is 14.8. The molecular weight excluding hydrogens is 332 g/mol. The average molecular weight is 351 g/mol. The number of para-hydroxylation sites is 1. The first-order valence-electron chi connectivity index (χ1n) is 7.12. The van der Waals surface area contributed by atoms with Crippen molar-refractivity contribution in [2.45, 2.75) is 45.3 Å². The van der Waals surface area contributed by atoms with Crippen molar-refractivity contribution in [2.75, 3.05) is 0 Å². The zero-order valence-electron chi connectivity index (χ0n) is 12.7. The summed E-state index contributed by atoms with van der Waals surface area (Å²) in [5.41, 5.74) is -0.0374. The number of carbonyl (C=O) groups excluding carboxylic acids is 1. The van der Waals surface area contributed by atoms with Gasteiger partial charge in [-0.2, -0.15) is 0 Å². The highest BCUT2D eigenvalue weighted by Gasteiger charge is 2.50. The van der Waals surface area contributed by atoms with E-state index in [0.29, 0.717) is 12.2 Å². The average Bonchev–Trinajstić information content (AvgIpc) is 2.87. The van der Waals surface area contributed by atoms with Gasteiger partial charge in [0.25, 0.3) is 0 Å². The SMILES string of the molecule is CC1(C)CC(C(=O)c2cc3cccc(Br)c3o2)C(C)(C)O1. The molecule has 21 heavy (non-hydrogen) atoms. The second-order valence-electron chi connectivity index (χ2n) is 6.86. The van der Waals surface area contributed by atoms with Crippen LogP contribution in [0.4, 0.5) is 0 Å². The molecule has 2 heterocycles. The molecular formula is C17H19BrO3. The van der Waals surface area contributed by atoms with Crippen molar-refractivity contribution < 1.29 is 13.9 Å². The Bertz CT molecular complexity index is 712. The van der Waals surface area contributed by atoms with Crippen molar-refractivity contribution in [3.63, 3.8) is 0 Å². The van der Waals surface area contributed by atoms with Gasteiger partial charge < -0.3 is 9.15 Å². The predicted molar refractivity (Wildman–Crippen MR) is 85.6 cm³/mol. The monoisotopic (exact) mass is 350 g/mol. The fourth-order valence-electron chi connectivity index (χ4n) is 3.29. The third-order valence-electron chi connectivity index (χ3n) is 4.13. The maximum Gasteiger partial charge on any atom is 0.204 e. The highest BCUT2D eigenvalue weighted by Crippen LogP contribution is 2.44. The minimum Gasteiger partial charge on any atom is -0.452 e. The zero-order chi connectivity index (χ0) is 15.4. The molecule has 1 aromatic carbocycles. The van der Waals surface area contributed by atoms with Crippen LogP contribution in [0.2, 0.25) is 0 Å². The zero-order valence-corrected chi connectivity index (χ0v) is 14.3. The molecule has 1 unspecified atom stereocenters. The van der Waals surface area contributed by atoms with Crippen LogP contribution >= 0.6 is 15.9 Å². The quantitative estimate of drug-likeness (QED) is 0.717. The first-order valence-corrected chi connectivity index (χ1v) is 7.91. The van der Waals surface area contributed by atoms with Gasteiger partial charge in [0, 0.05) is 5.39 Å². The van der Waals surface area contributed by atoms with Crippen LogP contribution in [-0.4, -0.2) is 17.0 Å². The Morgan fingerprint density at radius 3 is 2.57 bits per heavy atom. The van der Waals surface area contributed by atoms with Crippen molar-refractivity contribution >= 4 is 32.7 Å². The second-order valence-corrected chi connectivity index (χ2v) is 7.71. The Labute approximate surface area is 132 Å². The minimum absolute atomic E-state index is 0.0219. The topological polar surface area (TPSA) is 39.4 Å². The molecule has 1 atom stereocenters. The van der Waals surface area contributed by atoms with E-state index >= 15 is 0 Å². The molecule has 1 aromatic heterocycles. The molecule has 1 aliphatic heterocycles. The number of fused-ring (bicyclic) bond motifs is 1. The van der Waals surface area contributed by atoms with Crippen LogP contribution < -0.4 is 0 Å². The highest BCUT2D eigenvalue weighted by molar-refractivity contribution is 9.10. The standard InChI is InChI=1S/C17H19BrO3/c1-16(2)9-11(17(3,4)21-16)14(19)13-8-10-6-5-7-12(18)15(10)20-13/h5-8,11H,9H2,1-4H3. The molecule has 1 fully saturated rings. The smallest absolute Gasteiger partial charge is 0.204 e. The molecule has 3 nitrogen and oxygen atoms in total. The summed E-state index contributed by atoms with van der Waals surface area (Å²) in [4.78, 5) is 12.8. The summed E-state index contributed by atoms with van der Waals surface area (Å²) >= 11 is 3.45. The third kappa shape index (κ3) is 2.55. The van der Waals surface area contributed by atoms with Gasteiger partial charge in [0.15, 0.2) is 5.76 Å². The summed E-state index contributed by atoms with van der Waals surface area (Å²) in [6, 6.07) is 7.61. The van der Waals surface area contributed by atoms with E-state index in [0.717, 1.165) is 15.4 Å². The molecule has 0 radical (unpaired) electrons. The number of hydrogen-bond donors (Lipinski definition) is 0. The van der Waals surface area contributed by atoms with E-state index in [1.165, 1.54) is 0 Å². The Hall–Kier alpha value is -1.13. The van der Waals surface area contributed by atoms with Gasteiger partial charge >= 0.3 is 0 Å². The van der Waals surface area contributed by atoms with E-state index in [-0.39, 0.29) is 17.3 Å². The Morgan fingerprint density at radius 1 is 1.29 bits per heavy atom. The van der Waals surface area contributed by atoms with Crippen molar-refractivity contribution in [3.05, 3.63) is 34.5 Å². The molecule has 0 N–H and O–H groups in total.